The minimum absolute atomic E-state index is 0.123. The van der Waals surface area contributed by atoms with Crippen LogP contribution in [0, 0.1) is 0 Å². The summed E-state index contributed by atoms with van der Waals surface area (Å²) in [6.07, 6.45) is 4.35. The van der Waals surface area contributed by atoms with Crippen molar-refractivity contribution in [3.8, 4) is 11.3 Å². The van der Waals surface area contributed by atoms with E-state index < -0.39 is 14.4 Å². The molecule has 0 spiro atoms. The molecule has 202 valence electrons. The number of carboxylic acid groups (broad SMARTS) is 1. The SMILES string of the molecule is CC(C)(C)[Si](C)(C)OCc1cc2c(-c3cc(Cl)cc4ccn(CC5CN(C(=O)O)CCO5)c34)ncnn2c1. The van der Waals surface area contributed by atoms with E-state index in [1.165, 1.54) is 4.90 Å². The number of nitrogens with zero attached hydrogens (tertiary/aromatic N) is 5. The number of amides is 1. The number of hydrogen-bond donors (Lipinski definition) is 1. The van der Waals surface area contributed by atoms with Crippen LogP contribution >= 0.6 is 11.6 Å². The van der Waals surface area contributed by atoms with Gasteiger partial charge in [0.1, 0.15) is 6.33 Å². The predicted molar refractivity (Wildman–Crippen MR) is 150 cm³/mol. The van der Waals surface area contributed by atoms with Gasteiger partial charge in [-0.1, -0.05) is 32.4 Å². The average molecular weight is 556 g/mol. The van der Waals surface area contributed by atoms with Crippen molar-refractivity contribution in [2.24, 2.45) is 0 Å². The van der Waals surface area contributed by atoms with Crippen LogP contribution < -0.4 is 0 Å². The molecule has 3 aromatic heterocycles. The number of aromatic nitrogens is 4. The molecular formula is C27H34ClN5O4Si. The maximum absolute atomic E-state index is 11.5. The monoisotopic (exact) mass is 555 g/mol. The Kier molecular flexibility index (Phi) is 7.02. The van der Waals surface area contributed by atoms with Crippen molar-refractivity contribution < 1.29 is 19.1 Å². The van der Waals surface area contributed by atoms with Crippen molar-refractivity contribution in [1.82, 2.24) is 24.1 Å². The average Bonchev–Trinajstić information content (AvgIpc) is 3.45. The standard InChI is InChI=1S/C27H34ClN5O4Si/c1-27(2,3)38(4,5)37-16-18-10-23-24(29-17-30-33(23)13-18)22-12-20(28)11-19-6-7-31(25(19)22)14-21-15-32(26(34)35)8-9-36-21/h6-7,10-13,17,21H,8-9,14-16H2,1-5H3,(H,34,35). The Hall–Kier alpha value is -2.92. The Bertz CT molecular complexity index is 1490. The van der Waals surface area contributed by atoms with Crippen LogP contribution in [-0.4, -0.2) is 69.4 Å². The van der Waals surface area contributed by atoms with Gasteiger partial charge in [-0.2, -0.15) is 5.10 Å². The molecule has 1 atom stereocenters. The van der Waals surface area contributed by atoms with Gasteiger partial charge in [-0.25, -0.2) is 14.3 Å². The molecule has 5 rings (SSSR count). The summed E-state index contributed by atoms with van der Waals surface area (Å²) in [4.78, 5) is 17.6. The molecule has 0 aliphatic carbocycles. The van der Waals surface area contributed by atoms with Gasteiger partial charge in [0.25, 0.3) is 0 Å². The van der Waals surface area contributed by atoms with E-state index in [2.05, 4.69) is 54.6 Å². The lowest BCUT2D eigenvalue weighted by Crippen LogP contribution is -2.46. The van der Waals surface area contributed by atoms with Gasteiger partial charge in [-0.3, -0.25) is 0 Å². The van der Waals surface area contributed by atoms with E-state index >= 15 is 0 Å². The zero-order chi connectivity index (χ0) is 27.2. The largest absolute Gasteiger partial charge is 0.465 e. The Morgan fingerprint density at radius 1 is 1.29 bits per heavy atom. The quantitative estimate of drug-likeness (QED) is 0.297. The molecule has 1 aromatic carbocycles. The maximum atomic E-state index is 11.5. The van der Waals surface area contributed by atoms with Gasteiger partial charge in [0, 0.05) is 34.9 Å². The summed E-state index contributed by atoms with van der Waals surface area (Å²) >= 11 is 6.56. The van der Waals surface area contributed by atoms with Gasteiger partial charge in [0.2, 0.25) is 0 Å². The first-order valence-corrected chi connectivity index (χ1v) is 16.1. The summed E-state index contributed by atoms with van der Waals surface area (Å²) in [7, 11) is -1.91. The molecule has 1 amide bonds. The summed E-state index contributed by atoms with van der Waals surface area (Å²) < 4.78 is 16.3. The summed E-state index contributed by atoms with van der Waals surface area (Å²) in [6.45, 7) is 13.3. The molecule has 0 saturated carbocycles. The van der Waals surface area contributed by atoms with E-state index in [-0.39, 0.29) is 11.1 Å². The molecular weight excluding hydrogens is 522 g/mol. The second kappa shape index (κ2) is 9.99. The zero-order valence-corrected chi connectivity index (χ0v) is 24.2. The van der Waals surface area contributed by atoms with Gasteiger partial charge < -0.3 is 23.7 Å². The molecule has 0 bridgehead atoms. The lowest BCUT2D eigenvalue weighted by molar-refractivity contribution is -0.0287. The lowest BCUT2D eigenvalue weighted by Gasteiger charge is -2.36. The predicted octanol–water partition coefficient (Wildman–Crippen LogP) is 5.91. The first-order valence-electron chi connectivity index (χ1n) is 12.8. The molecule has 1 N–H and O–H groups in total. The molecule has 38 heavy (non-hydrogen) atoms. The van der Waals surface area contributed by atoms with E-state index in [1.54, 1.807) is 6.33 Å². The van der Waals surface area contributed by atoms with Crippen LogP contribution in [0.2, 0.25) is 23.2 Å². The third kappa shape index (κ3) is 5.18. The van der Waals surface area contributed by atoms with Crippen LogP contribution in [0.15, 0.2) is 43.0 Å². The first-order chi connectivity index (χ1) is 17.9. The van der Waals surface area contributed by atoms with Gasteiger partial charge in [-0.15, -0.1) is 0 Å². The summed E-state index contributed by atoms with van der Waals surface area (Å²) in [5, 5.41) is 15.6. The number of ether oxygens (including phenoxy) is 1. The molecule has 1 aliphatic heterocycles. The summed E-state index contributed by atoms with van der Waals surface area (Å²) in [6, 6.07) is 7.94. The van der Waals surface area contributed by atoms with Crippen LogP contribution in [0.3, 0.4) is 0 Å². The number of morpholine rings is 1. The highest BCUT2D eigenvalue weighted by molar-refractivity contribution is 6.74. The number of benzene rings is 1. The Labute approximate surface area is 228 Å². The molecule has 1 fully saturated rings. The fourth-order valence-electron chi connectivity index (χ4n) is 4.62. The van der Waals surface area contributed by atoms with Gasteiger partial charge in [0.05, 0.1) is 49.1 Å². The van der Waals surface area contributed by atoms with Crippen molar-refractivity contribution in [2.45, 2.75) is 58.2 Å². The molecule has 1 unspecified atom stereocenters. The highest BCUT2D eigenvalue weighted by Crippen LogP contribution is 2.38. The highest BCUT2D eigenvalue weighted by Gasteiger charge is 2.37. The number of halogens is 1. The van der Waals surface area contributed by atoms with E-state index in [0.717, 1.165) is 33.2 Å². The van der Waals surface area contributed by atoms with Crippen molar-refractivity contribution in [2.75, 3.05) is 19.7 Å². The minimum Gasteiger partial charge on any atom is -0.465 e. The van der Waals surface area contributed by atoms with Crippen LogP contribution in [0.5, 0.6) is 0 Å². The second-order valence-corrected chi connectivity index (χ2v) is 16.7. The van der Waals surface area contributed by atoms with E-state index in [0.29, 0.717) is 37.9 Å². The third-order valence-electron chi connectivity index (χ3n) is 7.76. The van der Waals surface area contributed by atoms with Crippen molar-refractivity contribution in [3.63, 3.8) is 0 Å². The van der Waals surface area contributed by atoms with Crippen molar-refractivity contribution in [1.29, 1.82) is 0 Å². The zero-order valence-electron chi connectivity index (χ0n) is 22.4. The Morgan fingerprint density at radius 2 is 2.08 bits per heavy atom. The van der Waals surface area contributed by atoms with Crippen molar-refractivity contribution >= 4 is 42.4 Å². The molecule has 4 heterocycles. The van der Waals surface area contributed by atoms with Crippen LogP contribution in [-0.2, 0) is 22.3 Å². The van der Waals surface area contributed by atoms with Gasteiger partial charge >= 0.3 is 6.09 Å². The number of hydrogen-bond acceptors (Lipinski definition) is 5. The molecule has 9 nitrogen and oxygen atoms in total. The number of rotatable bonds is 6. The first kappa shape index (κ1) is 26.7. The maximum Gasteiger partial charge on any atom is 0.407 e. The molecule has 1 aliphatic rings. The lowest BCUT2D eigenvalue weighted by atomic mass is 10.1. The molecule has 4 aromatic rings. The number of fused-ring (bicyclic) bond motifs is 2. The summed E-state index contributed by atoms with van der Waals surface area (Å²) in [5.74, 6) is 0. The topological polar surface area (TPSA) is 94.1 Å². The van der Waals surface area contributed by atoms with E-state index in [4.69, 9.17) is 20.8 Å². The van der Waals surface area contributed by atoms with Gasteiger partial charge in [0.15, 0.2) is 8.32 Å². The normalized spacial score (nSPS) is 17.0. The fourth-order valence-corrected chi connectivity index (χ4v) is 5.81. The van der Waals surface area contributed by atoms with Crippen LogP contribution in [0.25, 0.3) is 27.7 Å². The van der Waals surface area contributed by atoms with E-state index in [9.17, 15) is 9.90 Å². The van der Waals surface area contributed by atoms with E-state index in [1.807, 2.05) is 35.1 Å². The highest BCUT2D eigenvalue weighted by atomic mass is 35.5. The number of carbonyl (C=O) groups is 1. The molecule has 0 radical (unpaired) electrons. The molecule has 1 saturated heterocycles. The third-order valence-corrected chi connectivity index (χ3v) is 12.5. The Morgan fingerprint density at radius 3 is 2.82 bits per heavy atom. The fraction of sp³-hybridized carbons (Fsp3) is 0.444. The Balaban J connectivity index is 1.51. The summed E-state index contributed by atoms with van der Waals surface area (Å²) in [5.41, 5.74) is 4.51. The second-order valence-electron chi connectivity index (χ2n) is 11.4. The van der Waals surface area contributed by atoms with Crippen LogP contribution in [0.1, 0.15) is 26.3 Å². The minimum atomic E-state index is -1.91. The van der Waals surface area contributed by atoms with Crippen LogP contribution in [0.4, 0.5) is 4.79 Å². The van der Waals surface area contributed by atoms with Crippen molar-refractivity contribution in [3.05, 3.63) is 53.6 Å². The van der Waals surface area contributed by atoms with Gasteiger partial charge in [-0.05, 0) is 48.0 Å². The molecule has 11 heteroatoms. The smallest absolute Gasteiger partial charge is 0.407 e.